The lowest BCUT2D eigenvalue weighted by Crippen LogP contribution is -2.06. The minimum absolute atomic E-state index is 0.226. The molecule has 0 saturated carbocycles. The van der Waals surface area contributed by atoms with E-state index in [1.807, 2.05) is 26.1 Å². The molecule has 21 heavy (non-hydrogen) atoms. The summed E-state index contributed by atoms with van der Waals surface area (Å²) in [5.74, 6) is 2.40. The maximum atomic E-state index is 5.76. The molecular weight excluding hydrogens is 338 g/mol. The number of halogens is 1. The van der Waals surface area contributed by atoms with Gasteiger partial charge in [-0.1, -0.05) is 12.1 Å². The fourth-order valence-electron chi connectivity index (χ4n) is 1.85. The van der Waals surface area contributed by atoms with E-state index < -0.39 is 0 Å². The van der Waals surface area contributed by atoms with Crippen LogP contribution in [0.1, 0.15) is 24.2 Å². The van der Waals surface area contributed by atoms with E-state index >= 15 is 0 Å². The summed E-state index contributed by atoms with van der Waals surface area (Å²) in [5, 5.41) is 6.96. The molecule has 1 N–H and O–H groups in total. The first kappa shape index (κ1) is 15.8. The predicted octanol–water partition coefficient (Wildman–Crippen LogP) is 2.70. The highest BCUT2D eigenvalue weighted by molar-refractivity contribution is 9.10. The quantitative estimate of drug-likeness (QED) is 0.823. The minimum atomic E-state index is 0.226. The Morgan fingerprint density at radius 1 is 1.38 bits per heavy atom. The van der Waals surface area contributed by atoms with Gasteiger partial charge in [-0.25, -0.2) is 0 Å². The maximum Gasteiger partial charge on any atom is 0.226 e. The Labute approximate surface area is 132 Å². The molecule has 0 aliphatic heterocycles. The second-order valence-corrected chi connectivity index (χ2v) is 5.24. The van der Waals surface area contributed by atoms with Gasteiger partial charge in [-0.05, 0) is 40.7 Å². The van der Waals surface area contributed by atoms with Crippen LogP contribution in [0.15, 0.2) is 21.1 Å². The molecule has 0 radical (unpaired) electrons. The van der Waals surface area contributed by atoms with Crippen LogP contribution in [0.3, 0.4) is 0 Å². The fourth-order valence-corrected chi connectivity index (χ4v) is 2.45. The first-order chi connectivity index (χ1) is 10.2. The van der Waals surface area contributed by atoms with Crippen molar-refractivity contribution in [3.05, 3.63) is 33.9 Å². The molecule has 6 nitrogen and oxygen atoms in total. The molecule has 1 aromatic heterocycles. The first-order valence-corrected chi connectivity index (χ1v) is 7.42. The third-order valence-electron chi connectivity index (χ3n) is 2.83. The van der Waals surface area contributed by atoms with Crippen LogP contribution < -0.4 is 14.8 Å². The molecule has 0 bridgehead atoms. The summed E-state index contributed by atoms with van der Waals surface area (Å²) < 4.78 is 17.0. The van der Waals surface area contributed by atoms with Crippen molar-refractivity contribution in [2.45, 2.75) is 26.5 Å². The predicted molar refractivity (Wildman–Crippen MR) is 81.5 cm³/mol. The summed E-state index contributed by atoms with van der Waals surface area (Å²) in [7, 11) is 3.51. The van der Waals surface area contributed by atoms with Gasteiger partial charge in [-0.15, -0.1) is 0 Å². The van der Waals surface area contributed by atoms with Gasteiger partial charge >= 0.3 is 0 Å². The smallest absolute Gasteiger partial charge is 0.226 e. The van der Waals surface area contributed by atoms with E-state index in [0.717, 1.165) is 16.6 Å². The van der Waals surface area contributed by atoms with E-state index in [2.05, 4.69) is 31.4 Å². The monoisotopic (exact) mass is 355 g/mol. The highest BCUT2D eigenvalue weighted by Crippen LogP contribution is 2.37. The summed E-state index contributed by atoms with van der Waals surface area (Å²) >= 11 is 3.50. The van der Waals surface area contributed by atoms with Crippen LogP contribution in [-0.2, 0) is 19.6 Å². The van der Waals surface area contributed by atoms with Crippen LogP contribution in [0, 0.1) is 0 Å². The Morgan fingerprint density at radius 3 is 2.81 bits per heavy atom. The second-order valence-electron chi connectivity index (χ2n) is 4.39. The van der Waals surface area contributed by atoms with Gasteiger partial charge < -0.3 is 19.3 Å². The number of aryl methyl sites for hydroxylation is 1. The van der Waals surface area contributed by atoms with Crippen LogP contribution in [0.4, 0.5) is 0 Å². The number of aromatic nitrogens is 2. The van der Waals surface area contributed by atoms with E-state index in [-0.39, 0.29) is 6.61 Å². The summed E-state index contributed by atoms with van der Waals surface area (Å²) in [6.45, 7) is 2.93. The highest BCUT2D eigenvalue weighted by Gasteiger charge is 2.13. The van der Waals surface area contributed by atoms with Crippen molar-refractivity contribution in [2.24, 2.45) is 0 Å². The van der Waals surface area contributed by atoms with Crippen molar-refractivity contribution < 1.29 is 14.0 Å². The average molecular weight is 356 g/mol. The number of nitrogens with one attached hydrogen (secondary N) is 1. The van der Waals surface area contributed by atoms with Crippen molar-refractivity contribution in [1.29, 1.82) is 0 Å². The topological polar surface area (TPSA) is 69.4 Å². The number of hydrogen-bond donors (Lipinski definition) is 1. The molecule has 0 saturated heterocycles. The molecule has 0 amide bonds. The van der Waals surface area contributed by atoms with Gasteiger partial charge in [-0.2, -0.15) is 4.98 Å². The van der Waals surface area contributed by atoms with Crippen LogP contribution in [0.2, 0.25) is 0 Å². The van der Waals surface area contributed by atoms with Gasteiger partial charge in [-0.3, -0.25) is 0 Å². The Bertz CT molecular complexity index is 601. The molecule has 1 heterocycles. The number of hydrogen-bond acceptors (Lipinski definition) is 6. The molecule has 0 fully saturated rings. The molecular formula is C14H18BrN3O3. The van der Waals surface area contributed by atoms with Gasteiger partial charge in [0.05, 0.1) is 11.6 Å². The van der Waals surface area contributed by atoms with Gasteiger partial charge in [0.1, 0.15) is 0 Å². The molecule has 2 rings (SSSR count). The van der Waals surface area contributed by atoms with Gasteiger partial charge in [0.2, 0.25) is 11.7 Å². The van der Waals surface area contributed by atoms with Crippen LogP contribution >= 0.6 is 15.9 Å². The maximum absolute atomic E-state index is 5.76. The largest absolute Gasteiger partial charge is 0.493 e. The number of benzene rings is 1. The summed E-state index contributed by atoms with van der Waals surface area (Å²) in [4.78, 5) is 4.21. The first-order valence-electron chi connectivity index (χ1n) is 6.63. The van der Waals surface area contributed by atoms with Gasteiger partial charge in [0.25, 0.3) is 0 Å². The Kier molecular flexibility index (Phi) is 5.58. The lowest BCUT2D eigenvalue weighted by Gasteiger charge is -2.13. The van der Waals surface area contributed by atoms with E-state index in [4.69, 9.17) is 14.0 Å². The van der Waals surface area contributed by atoms with Crippen LogP contribution in [-0.4, -0.2) is 24.3 Å². The van der Waals surface area contributed by atoms with Crippen molar-refractivity contribution in [3.8, 4) is 11.5 Å². The highest BCUT2D eigenvalue weighted by atomic mass is 79.9. The third kappa shape index (κ3) is 3.95. The molecule has 0 aliphatic carbocycles. The number of ether oxygens (including phenoxy) is 2. The van der Waals surface area contributed by atoms with E-state index in [9.17, 15) is 0 Å². The van der Waals surface area contributed by atoms with E-state index in [0.29, 0.717) is 29.6 Å². The van der Waals surface area contributed by atoms with E-state index in [1.165, 1.54) is 0 Å². The SMILES string of the molecule is CCc1nc(COc2c(Br)cc(CNC)cc2OC)no1. The second kappa shape index (κ2) is 7.42. The fraction of sp³-hybridized carbons (Fsp3) is 0.429. The molecule has 0 spiro atoms. The van der Waals surface area contributed by atoms with Crippen molar-refractivity contribution in [1.82, 2.24) is 15.5 Å². The van der Waals surface area contributed by atoms with Crippen molar-refractivity contribution in [3.63, 3.8) is 0 Å². The van der Waals surface area contributed by atoms with Crippen LogP contribution in [0.5, 0.6) is 11.5 Å². The lowest BCUT2D eigenvalue weighted by molar-refractivity contribution is 0.267. The molecule has 0 atom stereocenters. The standard InChI is InChI=1S/C14H18BrN3O3/c1-4-13-17-12(18-21-13)8-20-14-10(15)5-9(7-16-2)6-11(14)19-3/h5-6,16H,4,7-8H2,1-3H3. The summed E-state index contributed by atoms with van der Waals surface area (Å²) in [5.41, 5.74) is 1.10. The summed E-state index contributed by atoms with van der Waals surface area (Å²) in [6.07, 6.45) is 0.707. The zero-order chi connectivity index (χ0) is 15.2. The van der Waals surface area contributed by atoms with Crippen molar-refractivity contribution >= 4 is 15.9 Å². The Hall–Kier alpha value is -1.60. The normalized spacial score (nSPS) is 10.7. The van der Waals surface area contributed by atoms with Gasteiger partial charge in [0, 0.05) is 13.0 Å². The zero-order valence-corrected chi connectivity index (χ0v) is 13.9. The average Bonchev–Trinajstić information content (AvgIpc) is 2.94. The molecule has 114 valence electrons. The minimum Gasteiger partial charge on any atom is -0.493 e. The van der Waals surface area contributed by atoms with E-state index in [1.54, 1.807) is 7.11 Å². The Morgan fingerprint density at radius 2 is 2.19 bits per heavy atom. The lowest BCUT2D eigenvalue weighted by atomic mass is 10.2. The van der Waals surface area contributed by atoms with Crippen molar-refractivity contribution in [2.75, 3.05) is 14.2 Å². The molecule has 0 unspecified atom stereocenters. The molecule has 0 aliphatic rings. The third-order valence-corrected chi connectivity index (χ3v) is 3.42. The number of rotatable bonds is 7. The molecule has 7 heteroatoms. The van der Waals surface area contributed by atoms with Crippen LogP contribution in [0.25, 0.3) is 0 Å². The number of methoxy groups -OCH3 is 1. The molecule has 2 aromatic rings. The van der Waals surface area contributed by atoms with Gasteiger partial charge in [0.15, 0.2) is 18.1 Å². The summed E-state index contributed by atoms with van der Waals surface area (Å²) in [6, 6.07) is 3.92. The zero-order valence-electron chi connectivity index (χ0n) is 12.3. The number of nitrogens with zero attached hydrogens (tertiary/aromatic N) is 2. The molecule has 1 aromatic carbocycles. The Balaban J connectivity index is 2.14.